The van der Waals surface area contributed by atoms with E-state index in [0.717, 1.165) is 36.5 Å². The average Bonchev–Trinajstić information content (AvgIpc) is 2.87. The molecule has 0 aliphatic carbocycles. The lowest BCUT2D eigenvalue weighted by Crippen LogP contribution is -2.09. The van der Waals surface area contributed by atoms with Crippen LogP contribution in [0.1, 0.15) is 43.1 Å². The Morgan fingerprint density at radius 2 is 2.05 bits per heavy atom. The summed E-state index contributed by atoms with van der Waals surface area (Å²) in [4.78, 5) is 0. The molecule has 0 bridgehead atoms. The summed E-state index contributed by atoms with van der Waals surface area (Å²) in [5, 5.41) is 8.05. The Labute approximate surface area is 126 Å². The minimum Gasteiger partial charge on any atom is -0.379 e. The zero-order chi connectivity index (χ0) is 14.5. The molecule has 2 aromatic rings. The van der Waals surface area contributed by atoms with Crippen molar-refractivity contribution in [1.29, 1.82) is 0 Å². The quantitative estimate of drug-likeness (QED) is 0.801. The Kier molecular flexibility index (Phi) is 5.07. The maximum atomic E-state index is 6.22. The minimum absolute atomic E-state index is 0.000915. The zero-order valence-electron chi connectivity index (χ0n) is 12.4. The summed E-state index contributed by atoms with van der Waals surface area (Å²) in [6.07, 6.45) is 0.968. The van der Waals surface area contributed by atoms with Gasteiger partial charge in [0, 0.05) is 12.2 Å². The summed E-state index contributed by atoms with van der Waals surface area (Å²) in [6, 6.07) is 10.4. The molecule has 0 saturated carbocycles. The highest BCUT2D eigenvalue weighted by Gasteiger charge is 2.09. The van der Waals surface area contributed by atoms with E-state index in [1.807, 2.05) is 19.1 Å². The van der Waals surface area contributed by atoms with Crippen molar-refractivity contribution < 1.29 is 0 Å². The highest BCUT2D eigenvalue weighted by molar-refractivity contribution is 6.21. The molecule has 1 aromatic carbocycles. The topological polar surface area (TPSA) is 29.9 Å². The van der Waals surface area contributed by atoms with E-state index in [1.165, 1.54) is 5.69 Å². The fourth-order valence-electron chi connectivity index (χ4n) is 2.29. The molecule has 1 atom stereocenters. The molecule has 1 unspecified atom stereocenters. The van der Waals surface area contributed by atoms with Crippen LogP contribution in [0.15, 0.2) is 30.3 Å². The van der Waals surface area contributed by atoms with Crippen molar-refractivity contribution in [3.8, 4) is 0 Å². The number of hydrogen-bond donors (Lipinski definition) is 1. The highest BCUT2D eigenvalue weighted by Crippen LogP contribution is 2.27. The van der Waals surface area contributed by atoms with Crippen molar-refractivity contribution in [2.24, 2.45) is 0 Å². The van der Waals surface area contributed by atoms with Gasteiger partial charge in [-0.2, -0.15) is 5.10 Å². The van der Waals surface area contributed by atoms with E-state index in [1.54, 1.807) is 0 Å². The third-order valence-electron chi connectivity index (χ3n) is 3.42. The standard InChI is InChI=1S/C16H22ClN3/c1-4-13-10-14(20(5-2)19-13)11-18-16-9-7-6-8-15(16)12(3)17/h6-10,12,18H,4-5,11H2,1-3H3. The molecule has 1 heterocycles. The van der Waals surface area contributed by atoms with Crippen LogP contribution in [0.3, 0.4) is 0 Å². The highest BCUT2D eigenvalue weighted by atomic mass is 35.5. The van der Waals surface area contributed by atoms with Gasteiger partial charge < -0.3 is 5.32 Å². The third kappa shape index (κ3) is 3.34. The van der Waals surface area contributed by atoms with Gasteiger partial charge in [0.05, 0.1) is 23.3 Å². The van der Waals surface area contributed by atoms with Crippen LogP contribution in [0.2, 0.25) is 0 Å². The van der Waals surface area contributed by atoms with Crippen LogP contribution < -0.4 is 5.32 Å². The molecule has 108 valence electrons. The molecule has 2 rings (SSSR count). The average molecular weight is 292 g/mol. The largest absolute Gasteiger partial charge is 0.379 e. The Balaban J connectivity index is 2.14. The minimum atomic E-state index is 0.000915. The first kappa shape index (κ1) is 14.9. The summed E-state index contributed by atoms with van der Waals surface area (Å²) >= 11 is 6.22. The predicted octanol–water partition coefficient (Wildman–Crippen LogP) is 4.38. The predicted molar refractivity (Wildman–Crippen MR) is 85.3 cm³/mol. The molecule has 0 spiro atoms. The number of aromatic nitrogens is 2. The molecule has 20 heavy (non-hydrogen) atoms. The third-order valence-corrected chi connectivity index (χ3v) is 3.66. The fraction of sp³-hybridized carbons (Fsp3) is 0.438. The second kappa shape index (κ2) is 6.80. The SMILES string of the molecule is CCc1cc(CNc2ccccc2C(C)Cl)n(CC)n1. The molecule has 0 fully saturated rings. The Morgan fingerprint density at radius 1 is 1.30 bits per heavy atom. The molecular weight excluding hydrogens is 270 g/mol. The Morgan fingerprint density at radius 3 is 2.70 bits per heavy atom. The Bertz CT molecular complexity index is 561. The van der Waals surface area contributed by atoms with Gasteiger partial charge in [-0.1, -0.05) is 25.1 Å². The molecule has 0 aliphatic heterocycles. The second-order valence-corrected chi connectivity index (χ2v) is 5.51. The van der Waals surface area contributed by atoms with E-state index >= 15 is 0 Å². The number of aryl methyl sites for hydroxylation is 2. The maximum Gasteiger partial charge on any atom is 0.0625 e. The lowest BCUT2D eigenvalue weighted by molar-refractivity contribution is 0.619. The summed E-state index contributed by atoms with van der Waals surface area (Å²) < 4.78 is 2.05. The number of nitrogens with one attached hydrogen (secondary N) is 1. The number of para-hydroxylation sites is 1. The van der Waals surface area contributed by atoms with Crippen molar-refractivity contribution in [2.75, 3.05) is 5.32 Å². The van der Waals surface area contributed by atoms with Gasteiger partial charge in [0.25, 0.3) is 0 Å². The van der Waals surface area contributed by atoms with Gasteiger partial charge >= 0.3 is 0 Å². The molecule has 1 aromatic heterocycles. The van der Waals surface area contributed by atoms with Crippen molar-refractivity contribution in [1.82, 2.24) is 9.78 Å². The van der Waals surface area contributed by atoms with Crippen LogP contribution in [0.5, 0.6) is 0 Å². The summed E-state index contributed by atoms with van der Waals surface area (Å²) in [6.45, 7) is 7.90. The first-order valence-electron chi connectivity index (χ1n) is 7.18. The normalized spacial score (nSPS) is 12.4. The van der Waals surface area contributed by atoms with E-state index < -0.39 is 0 Å². The van der Waals surface area contributed by atoms with Gasteiger partial charge in [0.15, 0.2) is 0 Å². The van der Waals surface area contributed by atoms with Gasteiger partial charge in [-0.05, 0) is 38.0 Å². The number of benzene rings is 1. The molecule has 0 amide bonds. The van der Waals surface area contributed by atoms with E-state index in [2.05, 4.69) is 47.1 Å². The van der Waals surface area contributed by atoms with E-state index in [4.69, 9.17) is 11.6 Å². The molecule has 3 nitrogen and oxygen atoms in total. The number of halogens is 1. The number of anilines is 1. The number of hydrogen-bond acceptors (Lipinski definition) is 2. The molecule has 0 aliphatic rings. The molecule has 1 N–H and O–H groups in total. The first-order chi connectivity index (χ1) is 9.65. The monoisotopic (exact) mass is 291 g/mol. The van der Waals surface area contributed by atoms with Gasteiger partial charge in [-0.3, -0.25) is 4.68 Å². The summed E-state index contributed by atoms with van der Waals surface area (Å²) in [5.41, 5.74) is 4.58. The van der Waals surface area contributed by atoms with Crippen LogP contribution in [0.25, 0.3) is 0 Å². The lowest BCUT2D eigenvalue weighted by Gasteiger charge is -2.13. The van der Waals surface area contributed by atoms with Crippen molar-refractivity contribution in [2.45, 2.75) is 45.7 Å². The number of rotatable bonds is 6. The van der Waals surface area contributed by atoms with Gasteiger partial charge in [-0.15, -0.1) is 11.6 Å². The van der Waals surface area contributed by atoms with Crippen molar-refractivity contribution in [3.63, 3.8) is 0 Å². The van der Waals surface area contributed by atoms with Crippen molar-refractivity contribution >= 4 is 17.3 Å². The molecule has 4 heteroatoms. The summed E-state index contributed by atoms with van der Waals surface area (Å²) in [7, 11) is 0. The van der Waals surface area contributed by atoms with E-state index in [-0.39, 0.29) is 5.38 Å². The summed E-state index contributed by atoms with van der Waals surface area (Å²) in [5.74, 6) is 0. The van der Waals surface area contributed by atoms with Crippen LogP contribution in [-0.4, -0.2) is 9.78 Å². The van der Waals surface area contributed by atoms with Crippen LogP contribution in [0, 0.1) is 0 Å². The fourth-order valence-corrected chi connectivity index (χ4v) is 2.48. The van der Waals surface area contributed by atoms with Gasteiger partial charge in [0.2, 0.25) is 0 Å². The molecule has 0 saturated heterocycles. The first-order valence-corrected chi connectivity index (χ1v) is 7.61. The van der Waals surface area contributed by atoms with Gasteiger partial charge in [0.1, 0.15) is 0 Å². The molecular formula is C16H22ClN3. The smallest absolute Gasteiger partial charge is 0.0625 e. The van der Waals surface area contributed by atoms with Gasteiger partial charge in [-0.25, -0.2) is 0 Å². The number of nitrogens with zero attached hydrogens (tertiary/aromatic N) is 2. The van der Waals surface area contributed by atoms with Crippen LogP contribution >= 0.6 is 11.6 Å². The zero-order valence-corrected chi connectivity index (χ0v) is 13.1. The second-order valence-electron chi connectivity index (χ2n) is 4.85. The van der Waals surface area contributed by atoms with Crippen LogP contribution in [-0.2, 0) is 19.5 Å². The van der Waals surface area contributed by atoms with Crippen molar-refractivity contribution in [3.05, 3.63) is 47.3 Å². The molecule has 0 radical (unpaired) electrons. The van der Waals surface area contributed by atoms with E-state index in [9.17, 15) is 0 Å². The lowest BCUT2D eigenvalue weighted by atomic mass is 10.1. The Hall–Kier alpha value is -1.48. The van der Waals surface area contributed by atoms with Crippen LogP contribution in [0.4, 0.5) is 5.69 Å². The van der Waals surface area contributed by atoms with E-state index in [0.29, 0.717) is 0 Å². The maximum absolute atomic E-state index is 6.22. The number of alkyl halides is 1.